The fourth-order valence-corrected chi connectivity index (χ4v) is 2.53. The number of nitrogens with two attached hydrogens (primary N) is 1. The number of benzene rings is 2. The molecule has 0 aliphatic carbocycles. The van der Waals surface area contributed by atoms with Gasteiger partial charge in [-0.3, -0.25) is 0 Å². The van der Waals surface area contributed by atoms with Crippen molar-refractivity contribution in [3.05, 3.63) is 48.3 Å². The molecule has 3 rings (SSSR count). The van der Waals surface area contributed by atoms with Gasteiger partial charge in [-0.1, -0.05) is 5.22 Å². The van der Waals surface area contributed by atoms with E-state index in [2.05, 4.69) is 20.3 Å². The number of methoxy groups -OCH3 is 1. The van der Waals surface area contributed by atoms with Crippen LogP contribution in [-0.2, 0) is 0 Å². The first-order valence-electron chi connectivity index (χ1n) is 7.39. The monoisotopic (exact) mass is 322 g/mol. The Morgan fingerprint density at radius 3 is 2.50 bits per heavy atom. The Morgan fingerprint density at radius 2 is 1.83 bits per heavy atom. The first-order valence-corrected chi connectivity index (χ1v) is 7.39. The third-order valence-electron chi connectivity index (χ3n) is 3.72. The van der Waals surface area contributed by atoms with Crippen molar-refractivity contribution in [1.82, 2.24) is 9.97 Å². The van der Waals surface area contributed by atoms with Crippen molar-refractivity contribution in [2.75, 3.05) is 19.1 Å². The maximum absolute atomic E-state index is 5.21. The Hall–Kier alpha value is -3.22. The van der Waals surface area contributed by atoms with Crippen molar-refractivity contribution < 1.29 is 4.74 Å². The zero-order valence-electron chi connectivity index (χ0n) is 13.8. The van der Waals surface area contributed by atoms with Gasteiger partial charge in [0, 0.05) is 18.1 Å². The van der Waals surface area contributed by atoms with E-state index in [1.807, 2.05) is 61.3 Å². The third kappa shape index (κ3) is 2.96. The molecule has 0 radical (unpaired) electrons. The molecule has 1 heterocycles. The van der Waals surface area contributed by atoms with Crippen LogP contribution >= 0.6 is 0 Å². The van der Waals surface area contributed by atoms with Gasteiger partial charge in [0.1, 0.15) is 17.4 Å². The van der Waals surface area contributed by atoms with Crippen molar-refractivity contribution in [2.45, 2.75) is 6.92 Å². The number of aromatic nitrogens is 2. The number of aryl methyl sites for hydroxylation is 1. The van der Waals surface area contributed by atoms with Crippen LogP contribution in [0.2, 0.25) is 0 Å². The van der Waals surface area contributed by atoms with Crippen molar-refractivity contribution in [1.29, 1.82) is 0 Å². The molecule has 0 bridgehead atoms. The molecular weight excluding hydrogens is 304 g/mol. The molecule has 0 atom stereocenters. The van der Waals surface area contributed by atoms with Gasteiger partial charge in [-0.2, -0.15) is 0 Å². The Bertz CT molecular complexity index is 891. The molecule has 0 spiro atoms. The minimum absolute atomic E-state index is 0.654. The number of rotatable bonds is 4. The molecule has 24 heavy (non-hydrogen) atoms. The summed E-state index contributed by atoms with van der Waals surface area (Å²) in [5, 5.41) is 8.09. The number of fused-ring (bicyclic) bond motifs is 1. The molecule has 0 saturated heterocycles. The Balaban J connectivity index is 2.09. The summed E-state index contributed by atoms with van der Waals surface area (Å²) in [5.41, 5.74) is 2.45. The summed E-state index contributed by atoms with van der Waals surface area (Å²) in [7, 11) is 3.62. The number of hydrogen-bond donors (Lipinski definition) is 1. The summed E-state index contributed by atoms with van der Waals surface area (Å²) in [4.78, 5) is 11.1. The minimum Gasteiger partial charge on any atom is -0.497 e. The lowest BCUT2D eigenvalue weighted by molar-refractivity contribution is 0.415. The standard InChI is InChI=1S/C17H18N6O/c1-11-19-16-10-12(21-22-18)4-9-15(16)17(20-11)23(2)13-5-7-14(24-3)8-6-13/h4-10H,1-3H3,(H2,18,21). The topological polar surface area (TPSA) is 89.0 Å². The molecule has 2 aromatic carbocycles. The van der Waals surface area contributed by atoms with E-state index in [1.54, 1.807) is 7.11 Å². The number of anilines is 2. The van der Waals surface area contributed by atoms with Gasteiger partial charge in [0.2, 0.25) is 0 Å². The van der Waals surface area contributed by atoms with Crippen LogP contribution in [0.1, 0.15) is 5.82 Å². The first-order chi connectivity index (χ1) is 11.6. The van der Waals surface area contributed by atoms with Gasteiger partial charge in [-0.15, -0.1) is 5.11 Å². The molecule has 0 aliphatic heterocycles. The maximum atomic E-state index is 5.21. The van der Waals surface area contributed by atoms with E-state index >= 15 is 0 Å². The summed E-state index contributed by atoms with van der Waals surface area (Å²) >= 11 is 0. The van der Waals surface area contributed by atoms with Gasteiger partial charge in [0.25, 0.3) is 0 Å². The lowest BCUT2D eigenvalue weighted by atomic mass is 10.2. The Morgan fingerprint density at radius 1 is 1.08 bits per heavy atom. The molecule has 0 aliphatic rings. The van der Waals surface area contributed by atoms with E-state index in [9.17, 15) is 0 Å². The zero-order valence-corrected chi connectivity index (χ0v) is 13.8. The molecule has 7 heteroatoms. The van der Waals surface area contributed by atoms with Crippen LogP contribution in [0.5, 0.6) is 5.75 Å². The molecular formula is C17H18N6O. The minimum atomic E-state index is 0.654. The summed E-state index contributed by atoms with van der Waals surface area (Å²) in [6.45, 7) is 1.86. The molecule has 1 aromatic heterocycles. The average molecular weight is 322 g/mol. The fourth-order valence-electron chi connectivity index (χ4n) is 2.53. The van der Waals surface area contributed by atoms with Crippen LogP contribution in [0, 0.1) is 6.92 Å². The van der Waals surface area contributed by atoms with E-state index in [-0.39, 0.29) is 0 Å². The first kappa shape index (κ1) is 15.7. The lowest BCUT2D eigenvalue weighted by Gasteiger charge is -2.20. The largest absolute Gasteiger partial charge is 0.497 e. The van der Waals surface area contributed by atoms with Crippen LogP contribution in [0.15, 0.2) is 52.8 Å². The van der Waals surface area contributed by atoms with Gasteiger partial charge < -0.3 is 15.5 Å². The zero-order chi connectivity index (χ0) is 17.1. The van der Waals surface area contributed by atoms with E-state index < -0.39 is 0 Å². The Labute approximate surface area is 139 Å². The highest BCUT2D eigenvalue weighted by molar-refractivity contribution is 5.93. The molecule has 0 unspecified atom stereocenters. The molecule has 3 aromatic rings. The lowest BCUT2D eigenvalue weighted by Crippen LogP contribution is -2.12. The van der Waals surface area contributed by atoms with Gasteiger partial charge in [-0.05, 0) is 49.4 Å². The third-order valence-corrected chi connectivity index (χ3v) is 3.72. The average Bonchev–Trinajstić information content (AvgIpc) is 2.60. The van der Waals surface area contributed by atoms with Crippen LogP contribution in [-0.4, -0.2) is 24.1 Å². The quantitative estimate of drug-likeness (QED) is 0.450. The van der Waals surface area contributed by atoms with Crippen molar-refractivity contribution >= 4 is 28.1 Å². The summed E-state index contributed by atoms with van der Waals surface area (Å²) in [5.74, 6) is 7.43. The van der Waals surface area contributed by atoms with Crippen molar-refractivity contribution in [2.24, 2.45) is 16.2 Å². The maximum Gasteiger partial charge on any atom is 0.144 e. The SMILES string of the molecule is COc1ccc(N(C)c2nc(C)nc3cc(N=NN)ccc23)cc1. The smallest absolute Gasteiger partial charge is 0.144 e. The van der Waals surface area contributed by atoms with Gasteiger partial charge >= 0.3 is 0 Å². The normalized spacial score (nSPS) is 11.1. The summed E-state index contributed by atoms with van der Waals surface area (Å²) in [6.07, 6.45) is 0. The van der Waals surface area contributed by atoms with Gasteiger partial charge in [0.15, 0.2) is 0 Å². The predicted molar refractivity (Wildman–Crippen MR) is 94.0 cm³/mol. The second kappa shape index (κ2) is 6.49. The van der Waals surface area contributed by atoms with Crippen molar-refractivity contribution in [3.63, 3.8) is 0 Å². The van der Waals surface area contributed by atoms with Crippen LogP contribution < -0.4 is 15.5 Å². The number of hydrogen-bond acceptors (Lipinski definition) is 6. The Kier molecular flexibility index (Phi) is 4.24. The predicted octanol–water partition coefficient (Wildman–Crippen LogP) is 3.67. The van der Waals surface area contributed by atoms with E-state index in [0.717, 1.165) is 28.2 Å². The highest BCUT2D eigenvalue weighted by Gasteiger charge is 2.12. The second-order valence-electron chi connectivity index (χ2n) is 5.27. The molecule has 0 saturated carbocycles. The van der Waals surface area contributed by atoms with Crippen LogP contribution in [0.25, 0.3) is 10.9 Å². The molecule has 0 fully saturated rings. The van der Waals surface area contributed by atoms with E-state index in [1.165, 1.54) is 0 Å². The number of nitrogens with zero attached hydrogens (tertiary/aromatic N) is 5. The molecule has 7 nitrogen and oxygen atoms in total. The highest BCUT2D eigenvalue weighted by atomic mass is 16.5. The van der Waals surface area contributed by atoms with Gasteiger partial charge in [-0.25, -0.2) is 9.97 Å². The fraction of sp³-hybridized carbons (Fsp3) is 0.176. The molecule has 0 amide bonds. The van der Waals surface area contributed by atoms with Crippen LogP contribution in [0.3, 0.4) is 0 Å². The molecule has 122 valence electrons. The van der Waals surface area contributed by atoms with E-state index in [4.69, 9.17) is 10.6 Å². The van der Waals surface area contributed by atoms with E-state index in [0.29, 0.717) is 11.5 Å². The second-order valence-corrected chi connectivity index (χ2v) is 5.27. The van der Waals surface area contributed by atoms with Crippen molar-refractivity contribution in [3.8, 4) is 5.75 Å². The highest BCUT2D eigenvalue weighted by Crippen LogP contribution is 2.31. The van der Waals surface area contributed by atoms with Crippen LogP contribution in [0.4, 0.5) is 17.2 Å². The molecule has 2 N–H and O–H groups in total. The summed E-state index contributed by atoms with van der Waals surface area (Å²) in [6, 6.07) is 13.4. The number of ether oxygens (including phenoxy) is 1. The van der Waals surface area contributed by atoms with Gasteiger partial charge in [0.05, 0.1) is 18.3 Å². The summed E-state index contributed by atoms with van der Waals surface area (Å²) < 4.78 is 5.21.